The number of thioether (sulfide) groups is 1. The molecule has 0 atom stereocenters. The smallest absolute Gasteiger partial charge is 0.191 e. The maximum absolute atomic E-state index is 6.04. The molecule has 130 valence electrons. The van der Waals surface area contributed by atoms with Gasteiger partial charge in [-0.05, 0) is 43.2 Å². The van der Waals surface area contributed by atoms with Crippen LogP contribution in [0.1, 0.15) is 23.9 Å². The first-order valence-corrected chi connectivity index (χ1v) is 9.51. The molecule has 2 aromatic carbocycles. The van der Waals surface area contributed by atoms with Gasteiger partial charge in [-0.15, -0.1) is 10.2 Å². The van der Waals surface area contributed by atoms with Crippen LogP contribution in [0.3, 0.4) is 0 Å². The minimum Gasteiger partial charge on any atom is -0.485 e. The fraction of sp³-hybridized carbons (Fsp3) is 0.263. The maximum atomic E-state index is 6.04. The third-order valence-electron chi connectivity index (χ3n) is 3.82. The van der Waals surface area contributed by atoms with Gasteiger partial charge in [-0.1, -0.05) is 53.7 Å². The zero-order valence-electron chi connectivity index (χ0n) is 14.3. The number of hydrogen-bond acceptors (Lipinski definition) is 4. The number of halogens is 1. The van der Waals surface area contributed by atoms with Gasteiger partial charge in [0.2, 0.25) is 0 Å². The van der Waals surface area contributed by atoms with E-state index in [4.69, 9.17) is 16.3 Å². The summed E-state index contributed by atoms with van der Waals surface area (Å²) in [5, 5.41) is 10.3. The van der Waals surface area contributed by atoms with E-state index < -0.39 is 0 Å². The first-order chi connectivity index (χ1) is 12.2. The summed E-state index contributed by atoms with van der Waals surface area (Å²) in [5.74, 6) is 2.51. The first kappa shape index (κ1) is 17.8. The molecule has 4 nitrogen and oxygen atoms in total. The predicted octanol–water partition coefficient (Wildman–Crippen LogP) is 5.13. The highest BCUT2D eigenvalue weighted by Crippen LogP contribution is 2.24. The van der Waals surface area contributed by atoms with E-state index in [-0.39, 0.29) is 0 Å². The van der Waals surface area contributed by atoms with Gasteiger partial charge >= 0.3 is 0 Å². The van der Waals surface area contributed by atoms with E-state index in [2.05, 4.69) is 27.8 Å². The van der Waals surface area contributed by atoms with Crippen LogP contribution in [0.5, 0.6) is 5.75 Å². The zero-order valence-corrected chi connectivity index (χ0v) is 15.8. The van der Waals surface area contributed by atoms with Gasteiger partial charge in [0.1, 0.15) is 12.4 Å². The molecule has 0 radical (unpaired) electrons. The van der Waals surface area contributed by atoms with Crippen molar-refractivity contribution in [1.82, 2.24) is 14.8 Å². The highest BCUT2D eigenvalue weighted by molar-refractivity contribution is 7.98. The molecular weight excluding hydrogens is 354 g/mol. The molecule has 0 saturated carbocycles. The lowest BCUT2D eigenvalue weighted by atomic mass is 10.2. The summed E-state index contributed by atoms with van der Waals surface area (Å²) >= 11 is 7.70. The number of aromatic nitrogens is 3. The number of ether oxygens (including phenoxy) is 1. The molecule has 0 bridgehead atoms. The lowest BCUT2D eigenvalue weighted by Crippen LogP contribution is -2.07. The summed E-state index contributed by atoms with van der Waals surface area (Å²) in [6.45, 7) is 5.33. The van der Waals surface area contributed by atoms with E-state index in [1.807, 2.05) is 49.4 Å². The normalized spacial score (nSPS) is 10.8. The third-order valence-corrected chi connectivity index (χ3v) is 5.09. The summed E-state index contributed by atoms with van der Waals surface area (Å²) in [6, 6.07) is 15.9. The van der Waals surface area contributed by atoms with E-state index in [9.17, 15) is 0 Å². The van der Waals surface area contributed by atoms with Crippen LogP contribution in [0.25, 0.3) is 0 Å². The van der Waals surface area contributed by atoms with Crippen LogP contribution >= 0.6 is 23.4 Å². The fourth-order valence-electron chi connectivity index (χ4n) is 2.49. The number of benzene rings is 2. The van der Waals surface area contributed by atoms with Gasteiger partial charge in [-0.3, -0.25) is 0 Å². The Kier molecular flexibility index (Phi) is 6.00. The van der Waals surface area contributed by atoms with Gasteiger partial charge in [0.05, 0.1) is 0 Å². The van der Waals surface area contributed by atoms with Crippen LogP contribution in [-0.4, -0.2) is 14.8 Å². The largest absolute Gasteiger partial charge is 0.485 e. The third kappa shape index (κ3) is 4.55. The average molecular weight is 374 g/mol. The van der Waals surface area contributed by atoms with Crippen molar-refractivity contribution in [2.24, 2.45) is 0 Å². The highest BCUT2D eigenvalue weighted by atomic mass is 35.5. The van der Waals surface area contributed by atoms with Crippen molar-refractivity contribution in [3.05, 3.63) is 70.5 Å². The molecule has 3 aromatic rings. The summed E-state index contributed by atoms with van der Waals surface area (Å²) in [5.41, 5.74) is 2.28. The second-order valence-corrected chi connectivity index (χ2v) is 6.99. The number of rotatable bonds is 7. The van der Waals surface area contributed by atoms with Crippen molar-refractivity contribution in [3.8, 4) is 5.75 Å². The van der Waals surface area contributed by atoms with Crippen LogP contribution in [0, 0.1) is 6.92 Å². The van der Waals surface area contributed by atoms with Crippen molar-refractivity contribution in [1.29, 1.82) is 0 Å². The molecule has 3 rings (SSSR count). The van der Waals surface area contributed by atoms with Gasteiger partial charge < -0.3 is 9.30 Å². The monoisotopic (exact) mass is 373 g/mol. The lowest BCUT2D eigenvalue weighted by molar-refractivity contribution is 0.286. The number of para-hydroxylation sites is 1. The van der Waals surface area contributed by atoms with Crippen LogP contribution < -0.4 is 4.74 Å². The molecule has 0 spiro atoms. The molecule has 0 aliphatic heterocycles. The maximum Gasteiger partial charge on any atom is 0.191 e. The van der Waals surface area contributed by atoms with Crippen LogP contribution in [-0.2, 0) is 18.9 Å². The van der Waals surface area contributed by atoms with Crippen molar-refractivity contribution in [2.75, 3.05) is 0 Å². The second kappa shape index (κ2) is 8.41. The highest BCUT2D eigenvalue weighted by Gasteiger charge is 2.12. The minimum absolute atomic E-state index is 0.406. The Morgan fingerprint density at radius 2 is 1.96 bits per heavy atom. The zero-order chi connectivity index (χ0) is 17.6. The molecule has 0 aliphatic rings. The fourth-order valence-corrected chi connectivity index (χ4v) is 3.66. The SMILES string of the molecule is CCn1c(COc2ccccc2C)nnc1SCc1cccc(Cl)c1. The average Bonchev–Trinajstić information content (AvgIpc) is 3.01. The van der Waals surface area contributed by atoms with E-state index in [0.29, 0.717) is 6.61 Å². The second-order valence-electron chi connectivity index (χ2n) is 5.62. The molecule has 1 aromatic heterocycles. The lowest BCUT2D eigenvalue weighted by Gasteiger charge is -2.10. The Bertz CT molecular complexity index is 850. The Balaban J connectivity index is 1.67. The van der Waals surface area contributed by atoms with Crippen molar-refractivity contribution >= 4 is 23.4 Å². The van der Waals surface area contributed by atoms with Crippen molar-refractivity contribution in [2.45, 2.75) is 37.9 Å². The van der Waals surface area contributed by atoms with Gasteiger partial charge in [-0.2, -0.15) is 0 Å². The summed E-state index contributed by atoms with van der Waals surface area (Å²) < 4.78 is 8.00. The van der Waals surface area contributed by atoms with Gasteiger partial charge in [0.15, 0.2) is 11.0 Å². The quantitative estimate of drug-likeness (QED) is 0.538. The molecule has 0 aliphatic carbocycles. The molecule has 0 amide bonds. The Morgan fingerprint density at radius 1 is 1.12 bits per heavy atom. The number of hydrogen-bond donors (Lipinski definition) is 0. The summed E-state index contributed by atoms with van der Waals surface area (Å²) in [6.07, 6.45) is 0. The number of aryl methyl sites for hydroxylation is 1. The molecule has 0 saturated heterocycles. The number of nitrogens with zero attached hydrogens (tertiary/aromatic N) is 3. The topological polar surface area (TPSA) is 39.9 Å². The Labute approximate surface area is 157 Å². The summed E-state index contributed by atoms with van der Waals surface area (Å²) in [4.78, 5) is 0. The van der Waals surface area contributed by atoms with Crippen LogP contribution in [0.2, 0.25) is 5.02 Å². The van der Waals surface area contributed by atoms with E-state index in [0.717, 1.165) is 39.6 Å². The van der Waals surface area contributed by atoms with Gasteiger partial charge in [0.25, 0.3) is 0 Å². The molecule has 6 heteroatoms. The van der Waals surface area contributed by atoms with Crippen molar-refractivity contribution < 1.29 is 4.74 Å². The molecule has 0 unspecified atom stereocenters. The molecule has 1 heterocycles. The standard InChI is InChI=1S/C19H20ClN3OS/c1-3-23-18(12-24-17-10-5-4-7-14(17)2)21-22-19(23)25-13-15-8-6-9-16(20)11-15/h4-11H,3,12-13H2,1-2H3. The Morgan fingerprint density at radius 3 is 2.72 bits per heavy atom. The van der Waals surface area contributed by atoms with Gasteiger partial charge in [-0.25, -0.2) is 0 Å². The van der Waals surface area contributed by atoms with Crippen LogP contribution in [0.4, 0.5) is 0 Å². The van der Waals surface area contributed by atoms with E-state index in [1.54, 1.807) is 11.8 Å². The van der Waals surface area contributed by atoms with E-state index in [1.165, 1.54) is 5.56 Å². The minimum atomic E-state index is 0.406. The first-order valence-electron chi connectivity index (χ1n) is 8.15. The van der Waals surface area contributed by atoms with Crippen LogP contribution in [0.15, 0.2) is 53.7 Å². The molecule has 0 N–H and O–H groups in total. The molecular formula is C19H20ClN3OS. The molecule has 0 fully saturated rings. The predicted molar refractivity (Wildman–Crippen MR) is 102 cm³/mol. The van der Waals surface area contributed by atoms with Gasteiger partial charge in [0, 0.05) is 17.3 Å². The van der Waals surface area contributed by atoms with E-state index >= 15 is 0 Å². The summed E-state index contributed by atoms with van der Waals surface area (Å²) in [7, 11) is 0. The van der Waals surface area contributed by atoms with Crippen molar-refractivity contribution in [3.63, 3.8) is 0 Å². The Hall–Kier alpha value is -1.98. The molecule has 25 heavy (non-hydrogen) atoms.